The number of unbranched alkanes of at least 4 members (excludes halogenated alkanes) is 40. The van der Waals surface area contributed by atoms with Crippen LogP contribution in [0.1, 0.15) is 329 Å². The fourth-order valence-corrected chi connectivity index (χ4v) is 8.95. The van der Waals surface area contributed by atoms with Crippen LogP contribution in [0.4, 0.5) is 0 Å². The highest BCUT2D eigenvalue weighted by Gasteiger charge is 2.04. The van der Waals surface area contributed by atoms with Gasteiger partial charge in [-0.3, -0.25) is 0 Å². The average molecular weight is 745 g/mol. The van der Waals surface area contributed by atoms with Crippen molar-refractivity contribution >= 4 is 0 Å². The molecule has 0 N–H and O–H groups in total. The van der Waals surface area contributed by atoms with E-state index >= 15 is 0 Å². The lowest BCUT2D eigenvalue weighted by molar-refractivity contribution is 0.421. The largest absolute Gasteiger partial charge is 0.0654 e. The van der Waals surface area contributed by atoms with E-state index in [0.717, 1.165) is 11.8 Å². The zero-order chi connectivity index (χ0) is 38.4. The standard InChI is InChI=1S/C53H108/c1-5-7-9-11-13-15-17-18-19-20-21-22-23-24-25-26-27-28-29-30-31-32-34-37-41-45-49-53(4)51-47-43-39-35-38-42-46-50-52(3)48-44-40-36-33-16-14-12-10-8-6-2/h52-53H,5-51H2,1-4H3. The van der Waals surface area contributed by atoms with Crippen molar-refractivity contribution in [3.05, 3.63) is 0 Å². The molecule has 0 nitrogen and oxygen atoms in total. The van der Waals surface area contributed by atoms with Crippen molar-refractivity contribution in [3.63, 3.8) is 0 Å². The van der Waals surface area contributed by atoms with Crippen LogP contribution in [-0.2, 0) is 0 Å². The predicted octanol–water partition coefficient (Wildman–Crippen LogP) is 20.6. The molecule has 320 valence electrons. The van der Waals surface area contributed by atoms with E-state index in [0.29, 0.717) is 0 Å². The van der Waals surface area contributed by atoms with Gasteiger partial charge in [-0.1, -0.05) is 329 Å². The Kier molecular flexibility index (Phi) is 48.1. The Labute approximate surface area is 340 Å². The Balaban J connectivity index is 3.20. The van der Waals surface area contributed by atoms with E-state index in [1.165, 1.54) is 302 Å². The van der Waals surface area contributed by atoms with Crippen molar-refractivity contribution in [1.29, 1.82) is 0 Å². The lowest BCUT2D eigenvalue weighted by atomic mass is 9.95. The second kappa shape index (κ2) is 48.1. The molecule has 0 radical (unpaired) electrons. The second-order valence-corrected chi connectivity index (χ2v) is 18.9. The van der Waals surface area contributed by atoms with Gasteiger partial charge in [-0.15, -0.1) is 0 Å². The molecular formula is C53H108. The summed E-state index contributed by atoms with van der Waals surface area (Å²) in [6, 6.07) is 0. The molecule has 0 heterocycles. The summed E-state index contributed by atoms with van der Waals surface area (Å²) in [5.41, 5.74) is 0. The normalized spacial score (nSPS) is 12.9. The molecule has 0 saturated heterocycles. The molecule has 0 bridgehead atoms. The molecule has 0 aliphatic carbocycles. The SMILES string of the molecule is CCCCCCCCCCCCCCCCCCCCCCCCCCCCC(C)CCCCCCCCCC(C)CCCCCCCCCCCC. The van der Waals surface area contributed by atoms with Gasteiger partial charge in [0.1, 0.15) is 0 Å². The van der Waals surface area contributed by atoms with E-state index in [-0.39, 0.29) is 0 Å². The summed E-state index contributed by atoms with van der Waals surface area (Å²) in [6.07, 6.45) is 69.6. The molecule has 0 aromatic heterocycles. The zero-order valence-electron chi connectivity index (χ0n) is 38.4. The third-order valence-electron chi connectivity index (χ3n) is 13.0. The van der Waals surface area contributed by atoms with Crippen LogP contribution < -0.4 is 0 Å². The molecule has 0 aromatic carbocycles. The van der Waals surface area contributed by atoms with Gasteiger partial charge in [-0.25, -0.2) is 0 Å². The number of rotatable bonds is 48. The van der Waals surface area contributed by atoms with Gasteiger partial charge >= 0.3 is 0 Å². The molecule has 2 atom stereocenters. The van der Waals surface area contributed by atoms with E-state index in [1.54, 1.807) is 0 Å². The van der Waals surface area contributed by atoms with Gasteiger partial charge < -0.3 is 0 Å². The molecule has 0 fully saturated rings. The topological polar surface area (TPSA) is 0 Å². The summed E-state index contributed by atoms with van der Waals surface area (Å²) < 4.78 is 0. The Morgan fingerprint density at radius 3 is 0.415 bits per heavy atom. The minimum Gasteiger partial charge on any atom is -0.0654 e. The van der Waals surface area contributed by atoms with Crippen molar-refractivity contribution in [2.75, 3.05) is 0 Å². The molecule has 0 spiro atoms. The quantitative estimate of drug-likeness (QED) is 0.0544. The molecule has 0 rings (SSSR count). The van der Waals surface area contributed by atoms with Crippen LogP contribution in [0.2, 0.25) is 0 Å². The Morgan fingerprint density at radius 1 is 0.170 bits per heavy atom. The van der Waals surface area contributed by atoms with E-state index in [9.17, 15) is 0 Å². The van der Waals surface area contributed by atoms with E-state index in [2.05, 4.69) is 27.7 Å². The zero-order valence-corrected chi connectivity index (χ0v) is 38.4. The minimum absolute atomic E-state index is 0.960. The van der Waals surface area contributed by atoms with Gasteiger partial charge in [-0.2, -0.15) is 0 Å². The maximum atomic E-state index is 2.52. The molecule has 0 heteroatoms. The molecule has 53 heavy (non-hydrogen) atoms. The number of hydrogen-bond acceptors (Lipinski definition) is 0. The first-order valence-electron chi connectivity index (χ1n) is 26.2. The van der Waals surface area contributed by atoms with Gasteiger partial charge in [0.2, 0.25) is 0 Å². The summed E-state index contributed by atoms with van der Waals surface area (Å²) in [4.78, 5) is 0. The lowest BCUT2D eigenvalue weighted by Gasteiger charge is -2.12. The summed E-state index contributed by atoms with van der Waals surface area (Å²) in [7, 11) is 0. The van der Waals surface area contributed by atoms with Gasteiger partial charge in [0.05, 0.1) is 0 Å². The van der Waals surface area contributed by atoms with Crippen molar-refractivity contribution in [2.45, 2.75) is 329 Å². The highest BCUT2D eigenvalue weighted by atomic mass is 14.1. The van der Waals surface area contributed by atoms with E-state index in [4.69, 9.17) is 0 Å². The van der Waals surface area contributed by atoms with Crippen LogP contribution >= 0.6 is 0 Å². The minimum atomic E-state index is 0.960. The highest BCUT2D eigenvalue weighted by Crippen LogP contribution is 2.22. The first-order valence-corrected chi connectivity index (χ1v) is 26.2. The molecular weight excluding hydrogens is 637 g/mol. The summed E-state index contributed by atoms with van der Waals surface area (Å²) in [6.45, 7) is 9.66. The molecule has 2 unspecified atom stereocenters. The Hall–Kier alpha value is 0. The lowest BCUT2D eigenvalue weighted by Crippen LogP contribution is -1.96. The molecule has 0 amide bonds. The van der Waals surface area contributed by atoms with Gasteiger partial charge in [0.25, 0.3) is 0 Å². The molecule has 0 saturated carbocycles. The van der Waals surface area contributed by atoms with Crippen molar-refractivity contribution in [3.8, 4) is 0 Å². The molecule has 0 aliphatic heterocycles. The van der Waals surface area contributed by atoms with Crippen LogP contribution in [0.3, 0.4) is 0 Å². The second-order valence-electron chi connectivity index (χ2n) is 18.9. The summed E-state index contributed by atoms with van der Waals surface area (Å²) in [5.74, 6) is 1.92. The van der Waals surface area contributed by atoms with Crippen molar-refractivity contribution in [2.24, 2.45) is 11.8 Å². The van der Waals surface area contributed by atoms with E-state index < -0.39 is 0 Å². The first-order chi connectivity index (χ1) is 26.2. The van der Waals surface area contributed by atoms with E-state index in [1.807, 2.05) is 0 Å². The van der Waals surface area contributed by atoms with Crippen LogP contribution in [0.5, 0.6) is 0 Å². The first kappa shape index (κ1) is 53.0. The third kappa shape index (κ3) is 48.1. The summed E-state index contributed by atoms with van der Waals surface area (Å²) in [5, 5.41) is 0. The number of hydrogen-bond donors (Lipinski definition) is 0. The average Bonchev–Trinajstić information content (AvgIpc) is 3.16. The molecule has 0 aliphatic rings. The summed E-state index contributed by atoms with van der Waals surface area (Å²) >= 11 is 0. The maximum absolute atomic E-state index is 2.52. The van der Waals surface area contributed by atoms with Crippen LogP contribution in [0, 0.1) is 11.8 Å². The monoisotopic (exact) mass is 745 g/mol. The van der Waals surface area contributed by atoms with Crippen molar-refractivity contribution in [1.82, 2.24) is 0 Å². The maximum Gasteiger partial charge on any atom is -0.0443 e. The van der Waals surface area contributed by atoms with Gasteiger partial charge in [0.15, 0.2) is 0 Å². The van der Waals surface area contributed by atoms with Crippen LogP contribution in [-0.4, -0.2) is 0 Å². The Bertz CT molecular complexity index is 607. The van der Waals surface area contributed by atoms with Gasteiger partial charge in [0, 0.05) is 0 Å². The van der Waals surface area contributed by atoms with Crippen molar-refractivity contribution < 1.29 is 0 Å². The highest BCUT2D eigenvalue weighted by molar-refractivity contribution is 4.59. The Morgan fingerprint density at radius 2 is 0.283 bits per heavy atom. The molecule has 0 aromatic rings. The fourth-order valence-electron chi connectivity index (χ4n) is 8.95. The van der Waals surface area contributed by atoms with Crippen LogP contribution in [0.15, 0.2) is 0 Å². The van der Waals surface area contributed by atoms with Gasteiger partial charge in [-0.05, 0) is 11.8 Å². The third-order valence-corrected chi connectivity index (χ3v) is 13.0. The van der Waals surface area contributed by atoms with Crippen LogP contribution in [0.25, 0.3) is 0 Å². The smallest absolute Gasteiger partial charge is 0.0443 e. The predicted molar refractivity (Wildman–Crippen MR) is 247 cm³/mol. The fraction of sp³-hybridized carbons (Fsp3) is 1.00.